The van der Waals surface area contributed by atoms with Crippen LogP contribution in [0.15, 0.2) is 22.7 Å². The van der Waals surface area contributed by atoms with Crippen molar-refractivity contribution in [2.75, 3.05) is 7.05 Å². The second kappa shape index (κ2) is 5.48. The molecule has 2 aromatic rings. The van der Waals surface area contributed by atoms with Gasteiger partial charge >= 0.3 is 0 Å². The van der Waals surface area contributed by atoms with Gasteiger partial charge in [0.2, 0.25) is 0 Å². The fourth-order valence-corrected chi connectivity index (χ4v) is 2.05. The van der Waals surface area contributed by atoms with Gasteiger partial charge in [0.05, 0.1) is 16.6 Å². The number of nitrogens with zero attached hydrogens (tertiary/aromatic N) is 3. The first-order chi connectivity index (χ1) is 8.99. The number of H-pyrrole nitrogens is 1. The first kappa shape index (κ1) is 13.7. The van der Waals surface area contributed by atoms with E-state index in [1.54, 1.807) is 20.0 Å². The van der Waals surface area contributed by atoms with Crippen LogP contribution in [0.25, 0.3) is 0 Å². The Bertz CT molecular complexity index is 614. The number of carbonyl (C=O) groups is 1. The van der Waals surface area contributed by atoms with E-state index >= 15 is 0 Å². The molecule has 1 N–H and O–H groups in total. The number of aryl methyl sites for hydroxylation is 1. The Morgan fingerprint density at radius 2 is 2.26 bits per heavy atom. The molecule has 1 amide bonds. The van der Waals surface area contributed by atoms with E-state index in [-0.39, 0.29) is 22.5 Å². The molecule has 7 heteroatoms. The van der Waals surface area contributed by atoms with E-state index < -0.39 is 5.82 Å². The van der Waals surface area contributed by atoms with E-state index in [9.17, 15) is 9.18 Å². The molecule has 0 saturated heterocycles. The average Bonchev–Trinajstić information content (AvgIpc) is 2.77. The molecule has 0 saturated carbocycles. The van der Waals surface area contributed by atoms with Crippen LogP contribution in [0.4, 0.5) is 4.39 Å². The molecule has 19 heavy (non-hydrogen) atoms. The Labute approximate surface area is 118 Å². The van der Waals surface area contributed by atoms with E-state index in [1.807, 2.05) is 0 Å². The van der Waals surface area contributed by atoms with Gasteiger partial charge in [-0.15, -0.1) is 0 Å². The van der Waals surface area contributed by atoms with E-state index in [1.165, 1.54) is 17.0 Å². The van der Waals surface area contributed by atoms with Crippen LogP contribution >= 0.6 is 15.9 Å². The van der Waals surface area contributed by atoms with Gasteiger partial charge in [-0.05, 0) is 35.0 Å². The summed E-state index contributed by atoms with van der Waals surface area (Å²) >= 11 is 3.08. The van der Waals surface area contributed by atoms with Crippen molar-refractivity contribution in [3.8, 4) is 0 Å². The molecule has 0 bridgehead atoms. The van der Waals surface area contributed by atoms with Gasteiger partial charge in [0.1, 0.15) is 11.6 Å². The summed E-state index contributed by atoms with van der Waals surface area (Å²) in [6, 6.07) is 4.35. The van der Waals surface area contributed by atoms with Crippen molar-refractivity contribution in [2.45, 2.75) is 13.5 Å². The number of benzene rings is 1. The van der Waals surface area contributed by atoms with Gasteiger partial charge in [-0.3, -0.25) is 9.89 Å². The number of rotatable bonds is 3. The molecule has 1 aromatic carbocycles. The number of hydrogen-bond acceptors (Lipinski definition) is 3. The molecule has 2 rings (SSSR count). The SMILES string of the molecule is Cc1nc(CN(C)C(=O)c2cccc(F)c2Br)n[nH]1. The second-order valence-electron chi connectivity index (χ2n) is 4.10. The van der Waals surface area contributed by atoms with Crippen LogP contribution in [0.1, 0.15) is 22.0 Å². The smallest absolute Gasteiger partial charge is 0.255 e. The first-order valence-corrected chi connectivity index (χ1v) is 6.35. The molecule has 0 aliphatic heterocycles. The average molecular weight is 327 g/mol. The summed E-state index contributed by atoms with van der Waals surface area (Å²) in [5.74, 6) is 0.436. The van der Waals surface area contributed by atoms with Crippen molar-refractivity contribution in [1.29, 1.82) is 0 Å². The topological polar surface area (TPSA) is 61.9 Å². The molecular formula is C12H12BrFN4O. The summed E-state index contributed by atoms with van der Waals surface area (Å²) < 4.78 is 13.6. The lowest BCUT2D eigenvalue weighted by atomic mass is 10.2. The third kappa shape index (κ3) is 2.98. The zero-order valence-electron chi connectivity index (χ0n) is 10.4. The van der Waals surface area contributed by atoms with E-state index in [2.05, 4.69) is 31.1 Å². The standard InChI is InChI=1S/C12H12BrFN4O/c1-7-15-10(17-16-7)6-18(2)12(19)8-4-3-5-9(14)11(8)13/h3-5H,6H2,1-2H3,(H,15,16,17). The Morgan fingerprint density at radius 1 is 1.53 bits per heavy atom. The number of halogens is 2. The van der Waals surface area contributed by atoms with Crippen LogP contribution in [0.2, 0.25) is 0 Å². The Kier molecular flexibility index (Phi) is 3.94. The molecule has 0 aliphatic rings. The molecule has 5 nitrogen and oxygen atoms in total. The maximum atomic E-state index is 13.4. The molecule has 0 radical (unpaired) electrons. The Hall–Kier alpha value is -1.76. The van der Waals surface area contributed by atoms with Crippen LogP contribution in [0.3, 0.4) is 0 Å². The molecule has 0 atom stereocenters. The van der Waals surface area contributed by atoms with Crippen molar-refractivity contribution in [3.63, 3.8) is 0 Å². The monoisotopic (exact) mass is 326 g/mol. The highest BCUT2D eigenvalue weighted by Crippen LogP contribution is 2.21. The maximum Gasteiger partial charge on any atom is 0.255 e. The number of hydrogen-bond donors (Lipinski definition) is 1. The molecule has 1 heterocycles. The lowest BCUT2D eigenvalue weighted by Gasteiger charge is -2.16. The summed E-state index contributed by atoms with van der Waals surface area (Å²) in [6.45, 7) is 2.04. The molecule has 0 fully saturated rings. The van der Waals surface area contributed by atoms with Gasteiger partial charge in [0, 0.05) is 7.05 Å². The maximum absolute atomic E-state index is 13.4. The highest BCUT2D eigenvalue weighted by molar-refractivity contribution is 9.10. The van der Waals surface area contributed by atoms with E-state index in [0.717, 1.165) is 0 Å². The summed E-state index contributed by atoms with van der Waals surface area (Å²) in [7, 11) is 1.62. The van der Waals surface area contributed by atoms with Gasteiger partial charge in [0.15, 0.2) is 5.82 Å². The predicted molar refractivity (Wildman–Crippen MR) is 71.0 cm³/mol. The van der Waals surface area contributed by atoms with Crippen LogP contribution in [-0.4, -0.2) is 33.0 Å². The van der Waals surface area contributed by atoms with Crippen LogP contribution < -0.4 is 0 Å². The number of aromatic amines is 1. The van der Waals surface area contributed by atoms with E-state index in [0.29, 0.717) is 11.6 Å². The minimum Gasteiger partial charge on any atom is -0.334 e. The van der Waals surface area contributed by atoms with Crippen LogP contribution in [-0.2, 0) is 6.54 Å². The molecular weight excluding hydrogens is 315 g/mol. The van der Waals surface area contributed by atoms with E-state index in [4.69, 9.17) is 0 Å². The molecule has 0 unspecified atom stereocenters. The molecule has 1 aromatic heterocycles. The van der Waals surface area contributed by atoms with Crippen LogP contribution in [0.5, 0.6) is 0 Å². The van der Waals surface area contributed by atoms with Gasteiger partial charge in [-0.1, -0.05) is 6.07 Å². The third-order valence-electron chi connectivity index (χ3n) is 2.55. The zero-order valence-corrected chi connectivity index (χ0v) is 12.0. The minimum absolute atomic E-state index is 0.165. The second-order valence-corrected chi connectivity index (χ2v) is 4.89. The summed E-state index contributed by atoms with van der Waals surface area (Å²) in [5, 5.41) is 6.66. The lowest BCUT2D eigenvalue weighted by molar-refractivity contribution is 0.0780. The van der Waals surface area contributed by atoms with Gasteiger partial charge in [-0.2, -0.15) is 5.10 Å². The molecule has 0 spiro atoms. The number of nitrogens with one attached hydrogen (secondary N) is 1. The highest BCUT2D eigenvalue weighted by Gasteiger charge is 2.18. The van der Waals surface area contributed by atoms with Gasteiger partial charge in [-0.25, -0.2) is 9.37 Å². The quantitative estimate of drug-likeness (QED) is 0.941. The normalized spacial score (nSPS) is 10.5. The fourth-order valence-electron chi connectivity index (χ4n) is 1.62. The number of aromatic nitrogens is 3. The van der Waals surface area contributed by atoms with Crippen molar-refractivity contribution < 1.29 is 9.18 Å². The largest absolute Gasteiger partial charge is 0.334 e. The van der Waals surface area contributed by atoms with Crippen molar-refractivity contribution in [2.24, 2.45) is 0 Å². The fraction of sp³-hybridized carbons (Fsp3) is 0.250. The van der Waals surface area contributed by atoms with Crippen molar-refractivity contribution in [1.82, 2.24) is 20.1 Å². The van der Waals surface area contributed by atoms with Crippen LogP contribution in [0, 0.1) is 12.7 Å². The Morgan fingerprint density at radius 3 is 2.89 bits per heavy atom. The summed E-state index contributed by atoms with van der Waals surface area (Å²) in [5.41, 5.74) is 0.273. The minimum atomic E-state index is -0.465. The van der Waals surface area contributed by atoms with Crippen molar-refractivity contribution in [3.05, 3.63) is 45.7 Å². The van der Waals surface area contributed by atoms with Gasteiger partial charge < -0.3 is 4.90 Å². The lowest BCUT2D eigenvalue weighted by Crippen LogP contribution is -2.27. The zero-order chi connectivity index (χ0) is 14.0. The third-order valence-corrected chi connectivity index (χ3v) is 3.36. The summed E-state index contributed by atoms with van der Waals surface area (Å²) in [4.78, 5) is 17.7. The molecule has 100 valence electrons. The van der Waals surface area contributed by atoms with Crippen molar-refractivity contribution >= 4 is 21.8 Å². The van der Waals surface area contributed by atoms with Gasteiger partial charge in [0.25, 0.3) is 5.91 Å². The first-order valence-electron chi connectivity index (χ1n) is 5.56. The Balaban J connectivity index is 2.17. The number of carbonyl (C=O) groups excluding carboxylic acids is 1. The highest BCUT2D eigenvalue weighted by atomic mass is 79.9. The number of amides is 1. The predicted octanol–water partition coefficient (Wildman–Crippen LogP) is 2.29. The molecule has 0 aliphatic carbocycles. The summed E-state index contributed by atoms with van der Waals surface area (Å²) in [6.07, 6.45) is 0.